The number of halogens is 1. The van der Waals surface area contributed by atoms with Crippen molar-refractivity contribution in [3.05, 3.63) is 64.2 Å². The van der Waals surface area contributed by atoms with Gasteiger partial charge in [-0.05, 0) is 37.1 Å². The van der Waals surface area contributed by atoms with Crippen LogP contribution < -0.4 is 5.32 Å². The summed E-state index contributed by atoms with van der Waals surface area (Å²) in [7, 11) is -3.72. The molecule has 2 aromatic carbocycles. The summed E-state index contributed by atoms with van der Waals surface area (Å²) in [6.07, 6.45) is 0. The van der Waals surface area contributed by atoms with Crippen LogP contribution in [0, 0.1) is 13.8 Å². The van der Waals surface area contributed by atoms with Crippen LogP contribution in [-0.4, -0.2) is 18.6 Å². The van der Waals surface area contributed by atoms with Gasteiger partial charge in [0.05, 0.1) is 5.75 Å². The molecule has 0 amide bonds. The number of hydrogen-bond donors (Lipinski definition) is 1. The lowest BCUT2D eigenvalue weighted by Gasteiger charge is -2.06. The maximum atomic E-state index is 12.4. The van der Waals surface area contributed by atoms with Crippen LogP contribution in [0.25, 0.3) is 0 Å². The van der Waals surface area contributed by atoms with Gasteiger partial charge in [-0.25, -0.2) is 8.42 Å². The molecule has 0 aliphatic carbocycles. The minimum atomic E-state index is -3.72. The Morgan fingerprint density at radius 3 is 2.52 bits per heavy atom. The van der Waals surface area contributed by atoms with E-state index in [4.69, 9.17) is 16.0 Å². The molecule has 1 N–H and O–H groups in total. The van der Waals surface area contributed by atoms with Crippen LogP contribution in [0.5, 0.6) is 0 Å². The second-order valence-corrected chi connectivity index (χ2v) is 7.93. The lowest BCUT2D eigenvalue weighted by atomic mass is 10.2. The van der Waals surface area contributed by atoms with Gasteiger partial charge in [0.25, 0.3) is 0 Å². The first-order valence-corrected chi connectivity index (χ1v) is 9.52. The van der Waals surface area contributed by atoms with Crippen molar-refractivity contribution in [2.75, 3.05) is 5.32 Å². The van der Waals surface area contributed by atoms with Crippen LogP contribution in [0.4, 0.5) is 11.7 Å². The van der Waals surface area contributed by atoms with Crippen molar-refractivity contribution in [3.8, 4) is 0 Å². The fraction of sp³-hybridized carbons (Fsp3) is 0.176. The molecule has 0 spiro atoms. The van der Waals surface area contributed by atoms with Crippen LogP contribution in [0.15, 0.2) is 52.1 Å². The zero-order valence-corrected chi connectivity index (χ0v) is 15.2. The Kier molecular flexibility index (Phi) is 4.78. The standard InChI is InChI=1S/C17H16ClN3O3S/c1-11-6-8-13(9-7-11)10-25(22,23)17-21-20-16(24-17)19-15-5-3-4-14(18)12(15)2/h3-9H,10H2,1-2H3,(H,19,20). The van der Waals surface area contributed by atoms with Crippen molar-refractivity contribution >= 4 is 33.1 Å². The Bertz CT molecular complexity index is 998. The second kappa shape index (κ2) is 6.85. The fourth-order valence-electron chi connectivity index (χ4n) is 2.21. The number of benzene rings is 2. The molecule has 1 aromatic heterocycles. The maximum Gasteiger partial charge on any atom is 0.337 e. The Labute approximate surface area is 150 Å². The molecule has 0 radical (unpaired) electrons. The van der Waals surface area contributed by atoms with E-state index in [2.05, 4.69) is 15.5 Å². The summed E-state index contributed by atoms with van der Waals surface area (Å²) in [6, 6.07) is 12.5. The molecule has 3 rings (SSSR count). The highest BCUT2D eigenvalue weighted by atomic mass is 35.5. The van der Waals surface area contributed by atoms with Crippen molar-refractivity contribution in [2.24, 2.45) is 0 Å². The Hall–Kier alpha value is -2.38. The highest BCUT2D eigenvalue weighted by Crippen LogP contribution is 2.26. The topological polar surface area (TPSA) is 85.1 Å². The minimum absolute atomic E-state index is 0.00662. The van der Waals surface area contributed by atoms with Gasteiger partial charge in [0.15, 0.2) is 0 Å². The predicted octanol–water partition coefficient (Wildman–Crippen LogP) is 4.06. The average Bonchev–Trinajstić information content (AvgIpc) is 3.03. The molecule has 0 unspecified atom stereocenters. The van der Waals surface area contributed by atoms with Crippen LogP contribution in [0.2, 0.25) is 5.02 Å². The summed E-state index contributed by atoms with van der Waals surface area (Å²) < 4.78 is 30.1. The average molecular weight is 378 g/mol. The lowest BCUT2D eigenvalue weighted by molar-refractivity contribution is 0.442. The van der Waals surface area contributed by atoms with Gasteiger partial charge in [0.1, 0.15) is 0 Å². The van der Waals surface area contributed by atoms with Crippen LogP contribution >= 0.6 is 11.6 Å². The van der Waals surface area contributed by atoms with E-state index in [-0.39, 0.29) is 11.8 Å². The van der Waals surface area contributed by atoms with Crippen LogP contribution in [0.3, 0.4) is 0 Å². The van der Waals surface area contributed by atoms with Gasteiger partial charge < -0.3 is 9.73 Å². The lowest BCUT2D eigenvalue weighted by Crippen LogP contribution is -2.05. The van der Waals surface area contributed by atoms with Crippen molar-refractivity contribution in [1.29, 1.82) is 0 Å². The summed E-state index contributed by atoms with van der Waals surface area (Å²) in [5, 5.41) is 10.5. The summed E-state index contributed by atoms with van der Waals surface area (Å²) in [6.45, 7) is 3.77. The van der Waals surface area contributed by atoms with Crippen molar-refractivity contribution in [1.82, 2.24) is 10.2 Å². The number of aryl methyl sites for hydroxylation is 1. The molecule has 0 atom stereocenters. The van der Waals surface area contributed by atoms with Crippen molar-refractivity contribution < 1.29 is 12.8 Å². The molecule has 0 fully saturated rings. The monoisotopic (exact) mass is 377 g/mol. The minimum Gasteiger partial charge on any atom is -0.394 e. The van der Waals surface area contributed by atoms with Crippen LogP contribution in [-0.2, 0) is 15.6 Å². The second-order valence-electron chi connectivity index (χ2n) is 5.66. The van der Waals surface area contributed by atoms with Crippen molar-refractivity contribution in [2.45, 2.75) is 24.8 Å². The third-order valence-corrected chi connectivity index (χ3v) is 5.48. The number of rotatable bonds is 5. The molecular formula is C17H16ClN3O3S. The third kappa shape index (κ3) is 4.00. The SMILES string of the molecule is Cc1ccc(CS(=O)(=O)c2nnc(Nc3cccc(Cl)c3C)o2)cc1. The molecule has 0 saturated carbocycles. The summed E-state index contributed by atoms with van der Waals surface area (Å²) in [4.78, 5) is 0. The first-order valence-electron chi connectivity index (χ1n) is 7.49. The van der Waals surface area contributed by atoms with Gasteiger partial charge in [-0.2, -0.15) is 0 Å². The number of sulfone groups is 1. The van der Waals surface area contributed by atoms with Gasteiger partial charge in [-0.1, -0.05) is 57.7 Å². The number of aromatic nitrogens is 2. The highest BCUT2D eigenvalue weighted by molar-refractivity contribution is 7.90. The quantitative estimate of drug-likeness (QED) is 0.721. The van der Waals surface area contributed by atoms with E-state index < -0.39 is 15.1 Å². The van der Waals surface area contributed by atoms with Crippen LogP contribution in [0.1, 0.15) is 16.7 Å². The highest BCUT2D eigenvalue weighted by Gasteiger charge is 2.23. The Balaban J connectivity index is 1.80. The van der Waals surface area contributed by atoms with E-state index in [9.17, 15) is 8.42 Å². The van der Waals surface area contributed by atoms with E-state index in [0.29, 0.717) is 16.3 Å². The number of nitrogens with one attached hydrogen (secondary N) is 1. The van der Waals surface area contributed by atoms with E-state index in [1.807, 2.05) is 26.0 Å². The molecule has 0 aliphatic heterocycles. The number of anilines is 2. The molecule has 25 heavy (non-hydrogen) atoms. The van der Waals surface area contributed by atoms with Gasteiger partial charge in [-0.3, -0.25) is 0 Å². The zero-order valence-electron chi connectivity index (χ0n) is 13.7. The molecule has 1 heterocycles. The van der Waals surface area contributed by atoms with E-state index in [0.717, 1.165) is 11.1 Å². The van der Waals surface area contributed by atoms with Gasteiger partial charge in [0, 0.05) is 10.7 Å². The molecule has 130 valence electrons. The summed E-state index contributed by atoms with van der Waals surface area (Å²) >= 11 is 6.06. The first-order chi connectivity index (χ1) is 11.8. The summed E-state index contributed by atoms with van der Waals surface area (Å²) in [5.41, 5.74) is 3.18. The maximum absolute atomic E-state index is 12.4. The number of nitrogens with zero attached hydrogens (tertiary/aromatic N) is 2. The molecular weight excluding hydrogens is 362 g/mol. The van der Waals surface area contributed by atoms with Gasteiger partial charge in [-0.15, -0.1) is 0 Å². The fourth-order valence-corrected chi connectivity index (χ4v) is 3.51. The van der Waals surface area contributed by atoms with Gasteiger partial charge >= 0.3 is 11.2 Å². The normalized spacial score (nSPS) is 11.5. The van der Waals surface area contributed by atoms with Crippen molar-refractivity contribution in [3.63, 3.8) is 0 Å². The molecule has 3 aromatic rings. The summed E-state index contributed by atoms with van der Waals surface area (Å²) in [5.74, 6) is -0.203. The van der Waals surface area contributed by atoms with E-state index >= 15 is 0 Å². The largest absolute Gasteiger partial charge is 0.394 e. The molecule has 6 nitrogen and oxygen atoms in total. The predicted molar refractivity (Wildman–Crippen MR) is 95.8 cm³/mol. The Morgan fingerprint density at radius 1 is 1.08 bits per heavy atom. The van der Waals surface area contributed by atoms with Gasteiger partial charge in [0.2, 0.25) is 9.84 Å². The smallest absolute Gasteiger partial charge is 0.337 e. The molecule has 0 bridgehead atoms. The van der Waals surface area contributed by atoms with E-state index in [1.54, 1.807) is 30.3 Å². The zero-order chi connectivity index (χ0) is 18.0. The number of hydrogen-bond acceptors (Lipinski definition) is 6. The third-order valence-electron chi connectivity index (χ3n) is 3.66. The van der Waals surface area contributed by atoms with E-state index in [1.165, 1.54) is 0 Å². The molecule has 0 aliphatic rings. The first kappa shape index (κ1) is 17.4. The molecule has 8 heteroatoms. The molecule has 0 saturated heterocycles. The Morgan fingerprint density at radius 2 is 1.80 bits per heavy atom.